The van der Waals surface area contributed by atoms with Crippen molar-refractivity contribution < 1.29 is 0 Å². The van der Waals surface area contributed by atoms with Crippen molar-refractivity contribution in [3.05, 3.63) is 0 Å². The lowest BCUT2D eigenvalue weighted by Crippen LogP contribution is -2.28. The number of rotatable bonds is 2. The fraction of sp³-hybridized carbons (Fsp3) is 0.750. The predicted molar refractivity (Wildman–Crippen MR) is 55.0 cm³/mol. The molecule has 0 radical (unpaired) electrons. The zero-order chi connectivity index (χ0) is 9.26. The first-order valence-corrected chi connectivity index (χ1v) is 5.37. The highest BCUT2D eigenvalue weighted by molar-refractivity contribution is 7.09. The molecule has 1 aliphatic rings. The quantitative estimate of drug-likeness (QED) is 0.782. The minimum Gasteiger partial charge on any atom is -0.367 e. The lowest BCUT2D eigenvalue weighted by atomic mass is 10.2. The van der Waals surface area contributed by atoms with Crippen LogP contribution in [0.3, 0.4) is 0 Å². The fourth-order valence-electron chi connectivity index (χ4n) is 1.82. The van der Waals surface area contributed by atoms with Crippen LogP contribution in [0, 0.1) is 0 Å². The SMILES string of the molecule is CN(c1nc(N)ns1)C1CCCC1. The Morgan fingerprint density at radius 1 is 1.46 bits per heavy atom. The van der Waals surface area contributed by atoms with Gasteiger partial charge in [-0.1, -0.05) is 12.8 Å². The standard InChI is InChI=1S/C8H14N4S/c1-12(6-4-2-3-5-6)8-10-7(9)11-13-8/h6H,2-5H2,1H3,(H2,9,11). The lowest BCUT2D eigenvalue weighted by Gasteiger charge is -2.22. The van der Waals surface area contributed by atoms with Gasteiger partial charge in [0.2, 0.25) is 11.1 Å². The summed E-state index contributed by atoms with van der Waals surface area (Å²) in [7, 11) is 2.08. The molecule has 72 valence electrons. The summed E-state index contributed by atoms with van der Waals surface area (Å²) in [4.78, 5) is 6.38. The van der Waals surface area contributed by atoms with Crippen LogP contribution in [-0.4, -0.2) is 22.4 Å². The molecule has 1 aromatic heterocycles. The maximum atomic E-state index is 5.48. The van der Waals surface area contributed by atoms with Crippen LogP contribution >= 0.6 is 11.5 Å². The molecule has 0 spiro atoms. The molecule has 0 amide bonds. The molecule has 2 rings (SSSR count). The highest BCUT2D eigenvalue weighted by Crippen LogP contribution is 2.27. The molecule has 1 fully saturated rings. The van der Waals surface area contributed by atoms with Gasteiger partial charge in [-0.05, 0) is 12.8 Å². The van der Waals surface area contributed by atoms with E-state index < -0.39 is 0 Å². The summed E-state index contributed by atoms with van der Waals surface area (Å²) < 4.78 is 3.98. The van der Waals surface area contributed by atoms with E-state index in [1.807, 2.05) is 0 Å². The van der Waals surface area contributed by atoms with Gasteiger partial charge >= 0.3 is 0 Å². The molecule has 4 nitrogen and oxygen atoms in total. The van der Waals surface area contributed by atoms with Gasteiger partial charge in [0, 0.05) is 24.6 Å². The van der Waals surface area contributed by atoms with Crippen molar-refractivity contribution in [1.82, 2.24) is 9.36 Å². The Labute approximate surface area is 81.9 Å². The summed E-state index contributed by atoms with van der Waals surface area (Å²) in [5, 5.41) is 0.949. The van der Waals surface area contributed by atoms with E-state index in [2.05, 4.69) is 21.3 Å². The van der Waals surface area contributed by atoms with Crippen molar-refractivity contribution in [2.45, 2.75) is 31.7 Å². The van der Waals surface area contributed by atoms with Crippen LogP contribution < -0.4 is 10.6 Å². The molecular weight excluding hydrogens is 184 g/mol. The molecule has 0 saturated heterocycles. The van der Waals surface area contributed by atoms with E-state index in [0.29, 0.717) is 12.0 Å². The van der Waals surface area contributed by atoms with E-state index in [9.17, 15) is 0 Å². The zero-order valence-corrected chi connectivity index (χ0v) is 8.55. The second kappa shape index (κ2) is 3.49. The molecule has 1 aromatic rings. The molecule has 0 aromatic carbocycles. The highest BCUT2D eigenvalue weighted by atomic mass is 32.1. The van der Waals surface area contributed by atoms with Gasteiger partial charge < -0.3 is 10.6 Å². The summed E-state index contributed by atoms with van der Waals surface area (Å²) in [6, 6.07) is 0.646. The Kier molecular flexibility index (Phi) is 2.35. The number of aromatic nitrogens is 2. The van der Waals surface area contributed by atoms with Crippen LogP contribution in [0.4, 0.5) is 11.1 Å². The van der Waals surface area contributed by atoms with Crippen molar-refractivity contribution in [1.29, 1.82) is 0 Å². The monoisotopic (exact) mass is 198 g/mol. The van der Waals surface area contributed by atoms with Gasteiger partial charge in [-0.15, -0.1) is 0 Å². The number of anilines is 2. The van der Waals surface area contributed by atoms with Crippen molar-refractivity contribution in [3.63, 3.8) is 0 Å². The topological polar surface area (TPSA) is 55.0 Å². The largest absolute Gasteiger partial charge is 0.367 e. The van der Waals surface area contributed by atoms with Crippen LogP contribution in [0.1, 0.15) is 25.7 Å². The molecule has 2 N–H and O–H groups in total. The highest BCUT2D eigenvalue weighted by Gasteiger charge is 2.21. The van der Waals surface area contributed by atoms with Gasteiger partial charge in [-0.25, -0.2) is 0 Å². The summed E-state index contributed by atoms with van der Waals surface area (Å²) in [5.41, 5.74) is 5.48. The minimum atomic E-state index is 0.393. The average molecular weight is 198 g/mol. The summed E-state index contributed by atoms with van der Waals surface area (Å²) in [5.74, 6) is 0.393. The van der Waals surface area contributed by atoms with Crippen molar-refractivity contribution in [3.8, 4) is 0 Å². The summed E-state index contributed by atoms with van der Waals surface area (Å²) in [6.07, 6.45) is 5.22. The number of hydrogen-bond acceptors (Lipinski definition) is 5. The third-order valence-corrected chi connectivity index (χ3v) is 3.43. The molecule has 0 atom stereocenters. The molecule has 1 aliphatic carbocycles. The zero-order valence-electron chi connectivity index (χ0n) is 7.73. The maximum absolute atomic E-state index is 5.48. The third-order valence-electron chi connectivity index (χ3n) is 2.61. The second-order valence-corrected chi connectivity index (χ2v) is 4.21. The van der Waals surface area contributed by atoms with Crippen LogP contribution in [0.5, 0.6) is 0 Å². The van der Waals surface area contributed by atoms with E-state index in [1.165, 1.54) is 37.2 Å². The molecule has 1 saturated carbocycles. The number of nitrogens with zero attached hydrogens (tertiary/aromatic N) is 3. The van der Waals surface area contributed by atoms with Gasteiger partial charge in [0.25, 0.3) is 0 Å². The normalized spacial score (nSPS) is 17.9. The van der Waals surface area contributed by atoms with Crippen molar-refractivity contribution >= 4 is 22.6 Å². The molecular formula is C8H14N4S. The first-order chi connectivity index (χ1) is 6.27. The summed E-state index contributed by atoms with van der Waals surface area (Å²) >= 11 is 1.38. The number of hydrogen-bond donors (Lipinski definition) is 1. The molecule has 0 bridgehead atoms. The molecule has 0 aliphatic heterocycles. The van der Waals surface area contributed by atoms with E-state index in [0.717, 1.165) is 5.13 Å². The number of nitrogens with two attached hydrogens (primary N) is 1. The van der Waals surface area contributed by atoms with Crippen LogP contribution in [0.2, 0.25) is 0 Å². The Morgan fingerprint density at radius 3 is 2.69 bits per heavy atom. The minimum absolute atomic E-state index is 0.393. The van der Waals surface area contributed by atoms with E-state index in [4.69, 9.17) is 5.73 Å². The predicted octanol–water partition coefficient (Wildman–Crippen LogP) is 1.50. The van der Waals surface area contributed by atoms with Gasteiger partial charge in [0.1, 0.15) is 0 Å². The first-order valence-electron chi connectivity index (χ1n) is 4.59. The van der Waals surface area contributed by atoms with Crippen LogP contribution in [0.15, 0.2) is 0 Å². The first kappa shape index (κ1) is 8.74. The van der Waals surface area contributed by atoms with Crippen molar-refractivity contribution in [2.24, 2.45) is 0 Å². The van der Waals surface area contributed by atoms with Crippen LogP contribution in [-0.2, 0) is 0 Å². The van der Waals surface area contributed by atoms with Gasteiger partial charge in [0.05, 0.1) is 0 Å². The van der Waals surface area contributed by atoms with Crippen LogP contribution in [0.25, 0.3) is 0 Å². The molecule has 1 heterocycles. The van der Waals surface area contributed by atoms with Crippen molar-refractivity contribution in [2.75, 3.05) is 17.7 Å². The smallest absolute Gasteiger partial charge is 0.233 e. The molecule has 5 heteroatoms. The van der Waals surface area contributed by atoms with Gasteiger partial charge in [0.15, 0.2) is 0 Å². The average Bonchev–Trinajstić information content (AvgIpc) is 2.72. The summed E-state index contributed by atoms with van der Waals surface area (Å²) in [6.45, 7) is 0. The fourth-order valence-corrected chi connectivity index (χ4v) is 2.45. The third kappa shape index (κ3) is 1.75. The Hall–Kier alpha value is -0.840. The Morgan fingerprint density at radius 2 is 2.15 bits per heavy atom. The number of nitrogen functional groups attached to an aromatic ring is 1. The van der Waals surface area contributed by atoms with Gasteiger partial charge in [-0.2, -0.15) is 9.36 Å². The lowest BCUT2D eigenvalue weighted by molar-refractivity contribution is 0.652. The van der Waals surface area contributed by atoms with E-state index in [1.54, 1.807) is 0 Å². The molecule has 13 heavy (non-hydrogen) atoms. The van der Waals surface area contributed by atoms with E-state index in [-0.39, 0.29) is 0 Å². The maximum Gasteiger partial charge on any atom is 0.233 e. The van der Waals surface area contributed by atoms with E-state index >= 15 is 0 Å². The second-order valence-electron chi connectivity index (χ2n) is 3.48. The molecule has 0 unspecified atom stereocenters. The Balaban J connectivity index is 2.07. The Bertz CT molecular complexity index is 279. The van der Waals surface area contributed by atoms with Gasteiger partial charge in [-0.3, -0.25) is 0 Å².